The van der Waals surface area contributed by atoms with E-state index < -0.39 is 35.1 Å². The number of hydrogen-bond acceptors (Lipinski definition) is 10. The van der Waals surface area contributed by atoms with Gasteiger partial charge in [0.05, 0.1) is 17.3 Å². The summed E-state index contributed by atoms with van der Waals surface area (Å²) in [5.41, 5.74) is 11.2. The van der Waals surface area contributed by atoms with E-state index in [1.165, 1.54) is 26.2 Å². The molecule has 2 amide bonds. The number of alkyl halides is 6. The van der Waals surface area contributed by atoms with Gasteiger partial charge < -0.3 is 26.5 Å². The van der Waals surface area contributed by atoms with Crippen LogP contribution in [-0.4, -0.2) is 48.2 Å². The van der Waals surface area contributed by atoms with Crippen molar-refractivity contribution in [3.8, 4) is 22.3 Å². The van der Waals surface area contributed by atoms with Crippen LogP contribution in [0.3, 0.4) is 0 Å². The first-order chi connectivity index (χ1) is 24.3. The molecule has 0 aliphatic carbocycles. The molecule has 0 spiro atoms. The molecular formula is C31H28BBrF6N11O2S. The van der Waals surface area contributed by atoms with Crippen LogP contribution in [0.5, 0.6) is 0 Å². The molecule has 277 valence electrons. The summed E-state index contributed by atoms with van der Waals surface area (Å²) in [5.74, 6) is -1.03. The average molecular weight is 823 g/mol. The van der Waals surface area contributed by atoms with E-state index in [0.29, 0.717) is 38.7 Å². The molecule has 0 aliphatic rings. The van der Waals surface area contributed by atoms with Crippen LogP contribution >= 0.6 is 28.7 Å². The number of pyridine rings is 4. The molecule has 0 bridgehead atoms. The topological polar surface area (TPSA) is 183 Å². The van der Waals surface area contributed by atoms with E-state index in [1.807, 2.05) is 0 Å². The summed E-state index contributed by atoms with van der Waals surface area (Å²) < 4.78 is 84.2. The molecule has 0 fully saturated rings. The molecule has 0 atom stereocenters. The first kappa shape index (κ1) is 41.9. The number of halogens is 7. The molecule has 6 rings (SSSR count). The zero-order valence-electron chi connectivity index (χ0n) is 26.6. The number of carbonyl (C=O) groups is 2. The fourth-order valence-corrected chi connectivity index (χ4v) is 5.03. The Morgan fingerprint density at radius 3 is 1.74 bits per heavy atom. The van der Waals surface area contributed by atoms with Crippen LogP contribution in [0.1, 0.15) is 32.4 Å². The van der Waals surface area contributed by atoms with Crippen molar-refractivity contribution < 1.29 is 35.9 Å². The summed E-state index contributed by atoms with van der Waals surface area (Å²) in [5, 5.41) is 5.10. The Kier molecular flexibility index (Phi) is 13.4. The number of fused-ring (bicyclic) bond motifs is 2. The first-order valence-corrected chi connectivity index (χ1v) is 15.4. The molecule has 0 aliphatic heterocycles. The van der Waals surface area contributed by atoms with Gasteiger partial charge in [-0.25, -0.2) is 19.9 Å². The molecule has 53 heavy (non-hydrogen) atoms. The summed E-state index contributed by atoms with van der Waals surface area (Å²) >= 11 is 6.51. The molecule has 13 nitrogen and oxygen atoms in total. The van der Waals surface area contributed by atoms with Crippen molar-refractivity contribution in [1.29, 1.82) is 0 Å². The number of nitrogens with two attached hydrogens (primary N) is 2. The van der Waals surface area contributed by atoms with Gasteiger partial charge in [0.15, 0.2) is 11.6 Å². The first-order valence-electron chi connectivity index (χ1n) is 14.2. The molecule has 0 saturated carbocycles. The van der Waals surface area contributed by atoms with Crippen LogP contribution in [-0.2, 0) is 21.9 Å². The minimum atomic E-state index is -4.59. The van der Waals surface area contributed by atoms with E-state index >= 15 is 0 Å². The number of aromatic nitrogens is 6. The van der Waals surface area contributed by atoms with Gasteiger partial charge in [-0.1, -0.05) is 7.43 Å². The van der Waals surface area contributed by atoms with E-state index in [-0.39, 0.29) is 30.4 Å². The standard InChI is InChI=1S/C15H11BrF3N5O.C15H12F3N5O.CH4.BHNS/c1-7(25)22-14-12(16)24-6-8(2-3-11(24)23-14)9-4-10(15(17,18)19)13(20)21-5-9;1-8(24)21-12-7-23-6-9(2-3-13(23)22-12)10-4-11(15(16,17)18)14(19)20-5-10;;1-2-3/h2-6H,1H3,(H2,20,21)(H,22,25);2-7H,1H3,(H2,19,20)(H,21,24);1H4;3H. The Bertz CT molecular complexity index is 2300. The summed E-state index contributed by atoms with van der Waals surface area (Å²) in [4.78, 5) is 37.9. The SMILES string of the molecule is C.CC(=O)Nc1cn2cc(-c3cnc(N)c(C(F)(F)F)c3)ccc2n1.CC(=O)Nc1nc2ccc(-c3cnc(N)c(C(F)(F)F)c3)cn2c1Br.[B]=NS. The van der Waals surface area contributed by atoms with Crippen molar-refractivity contribution in [2.45, 2.75) is 33.6 Å². The van der Waals surface area contributed by atoms with E-state index in [2.05, 4.69) is 71.3 Å². The number of nitrogen functional groups attached to an aromatic ring is 2. The molecule has 6 aromatic heterocycles. The van der Waals surface area contributed by atoms with Gasteiger partial charge in [0, 0.05) is 60.9 Å². The third kappa shape index (κ3) is 10.3. The molecule has 0 unspecified atom stereocenters. The average Bonchev–Trinajstić information content (AvgIpc) is 3.59. The van der Waals surface area contributed by atoms with Crippen molar-refractivity contribution in [2.24, 2.45) is 4.30 Å². The van der Waals surface area contributed by atoms with Crippen LogP contribution in [0.4, 0.5) is 49.6 Å². The molecule has 6 heterocycles. The number of nitrogens with one attached hydrogen (secondary N) is 2. The number of carbonyl (C=O) groups excluding carboxylic acids is 2. The van der Waals surface area contributed by atoms with Gasteiger partial charge in [-0.2, -0.15) is 26.3 Å². The summed E-state index contributed by atoms with van der Waals surface area (Å²) in [6.45, 7) is 2.70. The van der Waals surface area contributed by atoms with Crippen molar-refractivity contribution in [3.63, 3.8) is 0 Å². The predicted molar refractivity (Wildman–Crippen MR) is 196 cm³/mol. The number of nitrogens with zero attached hydrogens (tertiary/aromatic N) is 7. The normalized spacial score (nSPS) is 11.0. The second kappa shape index (κ2) is 16.9. The number of amides is 2. The van der Waals surface area contributed by atoms with E-state index in [0.717, 1.165) is 12.1 Å². The summed E-state index contributed by atoms with van der Waals surface area (Å²) in [6.07, 6.45) is -1.87. The maximum atomic E-state index is 13.0. The van der Waals surface area contributed by atoms with Crippen molar-refractivity contribution in [3.05, 3.63) is 83.1 Å². The van der Waals surface area contributed by atoms with Gasteiger partial charge >= 0.3 is 37.1 Å². The Morgan fingerprint density at radius 2 is 1.26 bits per heavy atom. The number of thiol groups is 1. The molecule has 22 heteroatoms. The van der Waals surface area contributed by atoms with Crippen LogP contribution < -0.4 is 22.1 Å². The van der Waals surface area contributed by atoms with Crippen LogP contribution in [0.15, 0.2) is 76.3 Å². The molecule has 6 aromatic rings. The fraction of sp³-hybridized carbons (Fsp3) is 0.161. The van der Waals surface area contributed by atoms with Gasteiger partial charge in [0.25, 0.3) is 0 Å². The van der Waals surface area contributed by atoms with Crippen LogP contribution in [0, 0.1) is 0 Å². The second-order valence-corrected chi connectivity index (χ2v) is 11.5. The summed E-state index contributed by atoms with van der Waals surface area (Å²) in [6, 6.07) is 8.38. The van der Waals surface area contributed by atoms with Gasteiger partial charge in [0.1, 0.15) is 27.5 Å². The van der Waals surface area contributed by atoms with Crippen LogP contribution in [0.2, 0.25) is 0 Å². The van der Waals surface area contributed by atoms with Gasteiger partial charge in [-0.15, -0.1) is 0 Å². The molecule has 6 N–H and O–H groups in total. The number of anilines is 4. The van der Waals surface area contributed by atoms with Crippen molar-refractivity contribution in [1.82, 2.24) is 28.7 Å². The zero-order chi connectivity index (χ0) is 38.5. The maximum absolute atomic E-state index is 13.0. The molecule has 0 aromatic carbocycles. The van der Waals surface area contributed by atoms with Gasteiger partial charge in [-0.3, -0.25) is 14.0 Å². The predicted octanol–water partition coefficient (Wildman–Crippen LogP) is 7.49. The third-order valence-corrected chi connectivity index (χ3v) is 7.48. The van der Waals surface area contributed by atoms with Gasteiger partial charge in [0.2, 0.25) is 11.8 Å². The third-order valence-electron chi connectivity index (χ3n) is 6.72. The Labute approximate surface area is 312 Å². The molecule has 1 radical (unpaired) electrons. The number of hydrogen-bond donors (Lipinski definition) is 5. The van der Waals surface area contributed by atoms with Crippen molar-refractivity contribution >= 4 is 82.8 Å². The number of rotatable bonds is 4. The second-order valence-electron chi connectivity index (χ2n) is 10.5. The Morgan fingerprint density at radius 1 is 0.792 bits per heavy atom. The summed E-state index contributed by atoms with van der Waals surface area (Å²) in [7, 11) is 4.34. The van der Waals surface area contributed by atoms with E-state index in [1.54, 1.807) is 51.7 Å². The Hall–Kier alpha value is -5.51. The fourth-order valence-electron chi connectivity index (χ4n) is 4.56. The zero-order valence-corrected chi connectivity index (χ0v) is 29.1. The minimum absolute atomic E-state index is 0. The Balaban J connectivity index is 0.000000261. The van der Waals surface area contributed by atoms with Gasteiger partial charge in [-0.05, 0) is 52.3 Å². The van der Waals surface area contributed by atoms with E-state index in [4.69, 9.17) is 11.5 Å². The monoisotopic (exact) mass is 822 g/mol. The molecule has 0 saturated heterocycles. The quantitative estimate of drug-likeness (QED) is 0.0688. The van der Waals surface area contributed by atoms with E-state index in [9.17, 15) is 35.9 Å². The van der Waals surface area contributed by atoms with Crippen LogP contribution in [0.25, 0.3) is 33.5 Å². The number of imidazole rings is 2. The van der Waals surface area contributed by atoms with Crippen molar-refractivity contribution in [2.75, 3.05) is 22.1 Å². The molecular weight excluding hydrogens is 795 g/mol.